The van der Waals surface area contributed by atoms with Crippen molar-refractivity contribution < 1.29 is 9.90 Å². The highest BCUT2D eigenvalue weighted by Crippen LogP contribution is 2.07. The zero-order valence-electron chi connectivity index (χ0n) is 9.86. The normalized spacial score (nSPS) is 10.4. The molecule has 6 nitrogen and oxygen atoms in total. The Morgan fingerprint density at radius 2 is 2.28 bits per heavy atom. The highest BCUT2D eigenvalue weighted by atomic mass is 16.4. The molecule has 6 heteroatoms. The molecular weight excluding hydrogens is 232 g/mol. The van der Waals surface area contributed by atoms with E-state index < -0.39 is 5.97 Å². The SMILES string of the molecule is O=C(O)CCCCc1cn(-c2cccnc2)nn1. The molecule has 2 rings (SSSR count). The van der Waals surface area contributed by atoms with Crippen molar-refractivity contribution in [3.8, 4) is 5.69 Å². The fourth-order valence-electron chi connectivity index (χ4n) is 1.61. The van der Waals surface area contributed by atoms with Gasteiger partial charge in [-0.05, 0) is 31.4 Å². The maximum atomic E-state index is 10.4. The number of carbonyl (C=O) groups is 1. The Hall–Kier alpha value is -2.24. The Bertz CT molecular complexity index is 510. The summed E-state index contributed by atoms with van der Waals surface area (Å²) in [7, 11) is 0. The van der Waals surface area contributed by atoms with Gasteiger partial charge in [0.2, 0.25) is 0 Å². The molecule has 0 amide bonds. The van der Waals surface area contributed by atoms with Crippen LogP contribution in [0, 0.1) is 0 Å². The van der Waals surface area contributed by atoms with Crippen LogP contribution in [-0.2, 0) is 11.2 Å². The standard InChI is InChI=1S/C12H14N4O2/c17-12(18)6-2-1-4-10-9-16(15-14-10)11-5-3-7-13-8-11/h3,5,7-9H,1-2,4,6H2,(H,17,18). The lowest BCUT2D eigenvalue weighted by atomic mass is 10.1. The summed E-state index contributed by atoms with van der Waals surface area (Å²) in [5.74, 6) is -0.756. The third kappa shape index (κ3) is 3.38. The molecule has 0 bridgehead atoms. The molecule has 0 aliphatic rings. The van der Waals surface area contributed by atoms with Gasteiger partial charge in [-0.1, -0.05) is 5.21 Å². The van der Waals surface area contributed by atoms with Crippen molar-refractivity contribution in [3.63, 3.8) is 0 Å². The molecule has 0 saturated heterocycles. The molecule has 94 valence electrons. The van der Waals surface area contributed by atoms with Gasteiger partial charge in [-0.15, -0.1) is 5.10 Å². The van der Waals surface area contributed by atoms with Gasteiger partial charge in [0, 0.05) is 12.6 Å². The molecule has 0 spiro atoms. The van der Waals surface area contributed by atoms with Crippen LogP contribution < -0.4 is 0 Å². The number of aliphatic carboxylic acids is 1. The molecule has 2 aromatic rings. The Balaban J connectivity index is 1.89. The average Bonchev–Trinajstić information content (AvgIpc) is 2.84. The number of aryl methyl sites for hydroxylation is 1. The minimum atomic E-state index is -0.756. The van der Waals surface area contributed by atoms with Crippen molar-refractivity contribution in [2.75, 3.05) is 0 Å². The predicted octanol–water partition coefficient (Wildman–Crippen LogP) is 1.46. The molecule has 0 aliphatic carbocycles. The molecule has 0 aliphatic heterocycles. The van der Waals surface area contributed by atoms with Crippen molar-refractivity contribution in [2.45, 2.75) is 25.7 Å². The van der Waals surface area contributed by atoms with Crippen molar-refractivity contribution in [3.05, 3.63) is 36.4 Å². The van der Waals surface area contributed by atoms with Crippen LogP contribution in [0.1, 0.15) is 25.0 Å². The largest absolute Gasteiger partial charge is 0.481 e. The summed E-state index contributed by atoms with van der Waals surface area (Å²) in [6.07, 6.45) is 7.67. The molecule has 2 heterocycles. The summed E-state index contributed by atoms with van der Waals surface area (Å²) in [5, 5.41) is 16.6. The van der Waals surface area contributed by atoms with Crippen LogP contribution in [0.2, 0.25) is 0 Å². The van der Waals surface area contributed by atoms with Crippen molar-refractivity contribution in [1.29, 1.82) is 0 Å². The fraction of sp³-hybridized carbons (Fsp3) is 0.333. The van der Waals surface area contributed by atoms with E-state index in [4.69, 9.17) is 5.11 Å². The summed E-state index contributed by atoms with van der Waals surface area (Å²) in [5.41, 5.74) is 1.73. The molecular formula is C12H14N4O2. The van der Waals surface area contributed by atoms with Gasteiger partial charge in [0.1, 0.15) is 0 Å². The van der Waals surface area contributed by atoms with Crippen LogP contribution in [0.5, 0.6) is 0 Å². The minimum absolute atomic E-state index is 0.205. The Morgan fingerprint density at radius 3 is 3.00 bits per heavy atom. The molecule has 0 unspecified atom stereocenters. The van der Waals surface area contributed by atoms with Gasteiger partial charge in [0.25, 0.3) is 0 Å². The third-order valence-electron chi connectivity index (χ3n) is 2.52. The molecule has 0 fully saturated rings. The van der Waals surface area contributed by atoms with Crippen LogP contribution in [0.25, 0.3) is 5.69 Å². The quantitative estimate of drug-likeness (QED) is 0.780. The number of rotatable bonds is 6. The van der Waals surface area contributed by atoms with Crippen LogP contribution in [-0.4, -0.2) is 31.1 Å². The fourth-order valence-corrected chi connectivity index (χ4v) is 1.61. The zero-order valence-corrected chi connectivity index (χ0v) is 9.86. The van der Waals surface area contributed by atoms with Gasteiger partial charge in [-0.2, -0.15) is 0 Å². The summed E-state index contributed by atoms with van der Waals surface area (Å²) >= 11 is 0. The van der Waals surface area contributed by atoms with Gasteiger partial charge in [0.05, 0.1) is 23.8 Å². The first-order valence-electron chi connectivity index (χ1n) is 5.79. The van der Waals surface area contributed by atoms with E-state index in [1.807, 2.05) is 18.3 Å². The molecule has 0 saturated carbocycles. The first kappa shape index (κ1) is 12.2. The molecule has 0 atom stereocenters. The molecule has 1 N–H and O–H groups in total. The lowest BCUT2D eigenvalue weighted by Crippen LogP contribution is -1.95. The number of pyridine rings is 1. The molecule has 0 aromatic carbocycles. The van der Waals surface area contributed by atoms with Gasteiger partial charge in [-0.3, -0.25) is 9.78 Å². The monoisotopic (exact) mass is 246 g/mol. The summed E-state index contributed by atoms with van der Waals surface area (Å²) < 4.78 is 1.67. The number of hydrogen-bond donors (Lipinski definition) is 1. The number of nitrogens with zero attached hydrogens (tertiary/aromatic N) is 4. The van der Waals surface area contributed by atoms with E-state index >= 15 is 0 Å². The molecule has 2 aromatic heterocycles. The van der Waals surface area contributed by atoms with E-state index in [9.17, 15) is 4.79 Å². The topological polar surface area (TPSA) is 80.9 Å². The molecule has 18 heavy (non-hydrogen) atoms. The highest BCUT2D eigenvalue weighted by Gasteiger charge is 2.03. The van der Waals surface area contributed by atoms with E-state index in [1.54, 1.807) is 17.1 Å². The number of hydrogen-bond acceptors (Lipinski definition) is 4. The average molecular weight is 246 g/mol. The van der Waals surface area contributed by atoms with Crippen LogP contribution in [0.4, 0.5) is 0 Å². The van der Waals surface area contributed by atoms with Crippen LogP contribution in [0.15, 0.2) is 30.7 Å². The lowest BCUT2D eigenvalue weighted by Gasteiger charge is -1.97. The van der Waals surface area contributed by atoms with E-state index in [0.29, 0.717) is 6.42 Å². The first-order chi connectivity index (χ1) is 8.75. The second-order valence-electron chi connectivity index (χ2n) is 3.97. The van der Waals surface area contributed by atoms with E-state index in [2.05, 4.69) is 15.3 Å². The van der Waals surface area contributed by atoms with Crippen molar-refractivity contribution in [1.82, 2.24) is 20.0 Å². The number of carboxylic acid groups (broad SMARTS) is 1. The summed E-state index contributed by atoms with van der Waals surface area (Å²) in [6, 6.07) is 3.74. The smallest absolute Gasteiger partial charge is 0.303 e. The van der Waals surface area contributed by atoms with Crippen LogP contribution >= 0.6 is 0 Å². The molecule has 0 radical (unpaired) electrons. The first-order valence-corrected chi connectivity index (χ1v) is 5.79. The predicted molar refractivity (Wildman–Crippen MR) is 64.3 cm³/mol. The number of carboxylic acids is 1. The Labute approximate surface area is 104 Å². The number of unbranched alkanes of at least 4 members (excludes halogenated alkanes) is 1. The maximum Gasteiger partial charge on any atom is 0.303 e. The number of aromatic nitrogens is 4. The second kappa shape index (κ2) is 5.90. The van der Waals surface area contributed by atoms with E-state index in [0.717, 1.165) is 24.2 Å². The Morgan fingerprint density at radius 1 is 1.39 bits per heavy atom. The highest BCUT2D eigenvalue weighted by molar-refractivity contribution is 5.66. The van der Waals surface area contributed by atoms with Gasteiger partial charge >= 0.3 is 5.97 Å². The summed E-state index contributed by atoms with van der Waals surface area (Å²) in [6.45, 7) is 0. The van der Waals surface area contributed by atoms with Gasteiger partial charge in [-0.25, -0.2) is 4.68 Å². The minimum Gasteiger partial charge on any atom is -0.481 e. The van der Waals surface area contributed by atoms with Gasteiger partial charge < -0.3 is 5.11 Å². The maximum absolute atomic E-state index is 10.4. The second-order valence-corrected chi connectivity index (χ2v) is 3.97. The zero-order chi connectivity index (χ0) is 12.8. The van der Waals surface area contributed by atoms with Crippen molar-refractivity contribution in [2.24, 2.45) is 0 Å². The third-order valence-corrected chi connectivity index (χ3v) is 2.52. The van der Waals surface area contributed by atoms with E-state index in [1.165, 1.54) is 0 Å². The van der Waals surface area contributed by atoms with Crippen molar-refractivity contribution >= 4 is 5.97 Å². The van der Waals surface area contributed by atoms with E-state index in [-0.39, 0.29) is 6.42 Å². The summed E-state index contributed by atoms with van der Waals surface area (Å²) in [4.78, 5) is 14.4. The lowest BCUT2D eigenvalue weighted by molar-refractivity contribution is -0.137. The Kier molecular flexibility index (Phi) is 4.01. The van der Waals surface area contributed by atoms with Crippen LogP contribution in [0.3, 0.4) is 0 Å². The van der Waals surface area contributed by atoms with Gasteiger partial charge in [0.15, 0.2) is 0 Å².